The van der Waals surface area contributed by atoms with E-state index in [1.54, 1.807) is 0 Å². The molecule has 0 aliphatic heterocycles. The first-order valence-corrected chi connectivity index (χ1v) is 6.82. The molecule has 1 aromatic rings. The zero-order valence-corrected chi connectivity index (χ0v) is 11.4. The lowest BCUT2D eigenvalue weighted by Gasteiger charge is -2.20. The minimum absolute atomic E-state index is 0.266. The van der Waals surface area contributed by atoms with Crippen LogP contribution in [0.3, 0.4) is 0 Å². The van der Waals surface area contributed by atoms with Crippen LogP contribution in [0.1, 0.15) is 30.4 Å². The summed E-state index contributed by atoms with van der Waals surface area (Å²) in [5, 5.41) is 8.70. The van der Waals surface area contributed by atoms with Crippen LogP contribution in [0, 0.1) is 29.0 Å². The van der Waals surface area contributed by atoms with Crippen LogP contribution in [-0.4, -0.2) is 24.0 Å². The Bertz CT molecular complexity index is 561. The Morgan fingerprint density at radius 3 is 2.80 bits per heavy atom. The monoisotopic (exact) mass is 271 g/mol. The van der Waals surface area contributed by atoms with E-state index >= 15 is 0 Å². The van der Waals surface area contributed by atoms with Crippen LogP contribution >= 0.6 is 0 Å². The minimum Gasteiger partial charge on any atom is -0.320 e. The molecule has 4 heteroatoms. The molecular formula is C16H18FN3. The predicted octanol–water partition coefficient (Wildman–Crippen LogP) is 2.01. The molecule has 2 rings (SSSR count). The number of rotatable bonds is 5. The maximum atomic E-state index is 13.6. The summed E-state index contributed by atoms with van der Waals surface area (Å²) in [5.74, 6) is 5.32. The van der Waals surface area contributed by atoms with Crippen LogP contribution in [0.4, 0.5) is 4.39 Å². The highest BCUT2D eigenvalue weighted by atomic mass is 19.1. The average Bonchev–Trinajstić information content (AvgIpc) is 3.25. The largest absolute Gasteiger partial charge is 0.320 e. The van der Waals surface area contributed by atoms with Crippen molar-refractivity contribution in [1.82, 2.24) is 4.90 Å². The number of hydrogen-bond acceptors (Lipinski definition) is 3. The van der Waals surface area contributed by atoms with Crippen molar-refractivity contribution in [3.8, 4) is 17.9 Å². The summed E-state index contributed by atoms with van der Waals surface area (Å²) < 4.78 is 13.6. The summed E-state index contributed by atoms with van der Waals surface area (Å²) in [4.78, 5) is 2.25. The van der Waals surface area contributed by atoms with Crippen LogP contribution in [-0.2, 0) is 6.54 Å². The van der Waals surface area contributed by atoms with Crippen molar-refractivity contribution >= 4 is 0 Å². The molecule has 1 aliphatic carbocycles. The quantitative estimate of drug-likeness (QED) is 0.834. The van der Waals surface area contributed by atoms with Crippen LogP contribution < -0.4 is 5.73 Å². The molecule has 1 saturated carbocycles. The topological polar surface area (TPSA) is 53.0 Å². The SMILES string of the molecule is N#CCCN(Cc1cc(F)cc(C#CCN)c1)C1CC1. The van der Waals surface area contributed by atoms with E-state index in [0.717, 1.165) is 12.1 Å². The van der Waals surface area contributed by atoms with Gasteiger partial charge in [0.15, 0.2) is 0 Å². The second-order valence-electron chi connectivity index (χ2n) is 4.96. The molecule has 0 atom stereocenters. The zero-order valence-electron chi connectivity index (χ0n) is 11.4. The fraction of sp³-hybridized carbons (Fsp3) is 0.438. The Morgan fingerprint density at radius 2 is 2.15 bits per heavy atom. The van der Waals surface area contributed by atoms with Gasteiger partial charge in [-0.2, -0.15) is 5.26 Å². The van der Waals surface area contributed by atoms with Crippen molar-refractivity contribution in [2.24, 2.45) is 5.73 Å². The van der Waals surface area contributed by atoms with Gasteiger partial charge in [0.25, 0.3) is 0 Å². The van der Waals surface area contributed by atoms with Gasteiger partial charge in [-0.25, -0.2) is 4.39 Å². The second-order valence-corrected chi connectivity index (χ2v) is 4.96. The smallest absolute Gasteiger partial charge is 0.124 e. The standard InChI is InChI=1S/C16H18FN3/c17-15-10-13(3-1-6-18)9-14(11-15)12-20(8-2-7-19)16-4-5-16/h9-11,16H,2,4-6,8,12,18H2. The van der Waals surface area contributed by atoms with E-state index in [0.29, 0.717) is 24.6 Å². The molecule has 0 spiro atoms. The molecule has 20 heavy (non-hydrogen) atoms. The first-order valence-electron chi connectivity index (χ1n) is 6.82. The highest BCUT2D eigenvalue weighted by molar-refractivity contribution is 5.38. The van der Waals surface area contributed by atoms with E-state index in [1.807, 2.05) is 6.07 Å². The molecule has 104 valence electrons. The molecule has 0 radical (unpaired) electrons. The lowest BCUT2D eigenvalue weighted by Crippen LogP contribution is -2.26. The van der Waals surface area contributed by atoms with Gasteiger partial charge in [0.2, 0.25) is 0 Å². The molecule has 3 nitrogen and oxygen atoms in total. The summed E-state index contributed by atoms with van der Waals surface area (Å²) in [6.07, 6.45) is 2.84. The van der Waals surface area contributed by atoms with E-state index in [1.165, 1.54) is 25.0 Å². The van der Waals surface area contributed by atoms with Crippen LogP contribution in [0.5, 0.6) is 0 Å². The number of nitrogens with zero attached hydrogens (tertiary/aromatic N) is 2. The van der Waals surface area contributed by atoms with E-state index in [2.05, 4.69) is 22.8 Å². The molecule has 0 bridgehead atoms. The lowest BCUT2D eigenvalue weighted by molar-refractivity contribution is 0.260. The van der Waals surface area contributed by atoms with Crippen molar-refractivity contribution in [1.29, 1.82) is 5.26 Å². The molecule has 0 unspecified atom stereocenters. The van der Waals surface area contributed by atoms with E-state index in [9.17, 15) is 4.39 Å². The van der Waals surface area contributed by atoms with Gasteiger partial charge in [-0.1, -0.05) is 11.8 Å². The third kappa shape index (κ3) is 4.35. The normalized spacial score (nSPS) is 13.7. The highest BCUT2D eigenvalue weighted by Gasteiger charge is 2.28. The molecule has 1 aliphatic rings. The Hall–Kier alpha value is -1.88. The van der Waals surface area contributed by atoms with Crippen LogP contribution in [0.15, 0.2) is 18.2 Å². The van der Waals surface area contributed by atoms with Gasteiger partial charge in [0.1, 0.15) is 5.82 Å². The Morgan fingerprint density at radius 1 is 1.35 bits per heavy atom. The van der Waals surface area contributed by atoms with Crippen molar-refractivity contribution in [3.63, 3.8) is 0 Å². The second kappa shape index (κ2) is 7.05. The summed E-state index contributed by atoms with van der Waals surface area (Å²) in [6.45, 7) is 1.67. The molecule has 0 aromatic heterocycles. The lowest BCUT2D eigenvalue weighted by atomic mass is 10.1. The van der Waals surface area contributed by atoms with E-state index < -0.39 is 0 Å². The predicted molar refractivity (Wildman–Crippen MR) is 76.0 cm³/mol. The minimum atomic E-state index is -0.278. The average molecular weight is 271 g/mol. The Balaban J connectivity index is 2.10. The molecule has 1 fully saturated rings. The van der Waals surface area contributed by atoms with Gasteiger partial charge >= 0.3 is 0 Å². The molecular weight excluding hydrogens is 253 g/mol. The maximum Gasteiger partial charge on any atom is 0.124 e. The van der Waals surface area contributed by atoms with Gasteiger partial charge in [0, 0.05) is 31.1 Å². The highest BCUT2D eigenvalue weighted by Crippen LogP contribution is 2.28. The summed E-state index contributed by atoms with van der Waals surface area (Å²) in [7, 11) is 0. The molecule has 2 N–H and O–H groups in total. The van der Waals surface area contributed by atoms with Crippen molar-refractivity contribution in [2.45, 2.75) is 31.8 Å². The maximum absolute atomic E-state index is 13.6. The summed E-state index contributed by atoms with van der Waals surface area (Å²) in [6, 6.07) is 7.56. The summed E-state index contributed by atoms with van der Waals surface area (Å²) >= 11 is 0. The number of nitrogens with two attached hydrogens (primary N) is 1. The molecule has 0 amide bonds. The van der Waals surface area contributed by atoms with Crippen LogP contribution in [0.2, 0.25) is 0 Å². The van der Waals surface area contributed by atoms with Crippen LogP contribution in [0.25, 0.3) is 0 Å². The molecule has 0 saturated heterocycles. The number of hydrogen-bond donors (Lipinski definition) is 1. The fourth-order valence-corrected chi connectivity index (χ4v) is 2.23. The zero-order chi connectivity index (χ0) is 14.4. The number of halogens is 1. The first-order chi connectivity index (χ1) is 9.72. The van der Waals surface area contributed by atoms with E-state index in [-0.39, 0.29) is 12.4 Å². The fourth-order valence-electron chi connectivity index (χ4n) is 2.23. The van der Waals surface area contributed by atoms with Gasteiger partial charge in [-0.15, -0.1) is 0 Å². The van der Waals surface area contributed by atoms with Gasteiger partial charge in [-0.05, 0) is 36.6 Å². The van der Waals surface area contributed by atoms with Crippen molar-refractivity contribution in [3.05, 3.63) is 35.1 Å². The van der Waals surface area contributed by atoms with E-state index in [4.69, 9.17) is 11.0 Å². The number of benzene rings is 1. The molecule has 0 heterocycles. The Kier molecular flexibility index (Phi) is 5.12. The van der Waals surface area contributed by atoms with Gasteiger partial charge in [0.05, 0.1) is 12.6 Å². The molecule has 1 aromatic carbocycles. The van der Waals surface area contributed by atoms with Gasteiger partial charge < -0.3 is 5.73 Å². The third-order valence-corrected chi connectivity index (χ3v) is 3.25. The van der Waals surface area contributed by atoms with Crippen molar-refractivity contribution in [2.75, 3.05) is 13.1 Å². The van der Waals surface area contributed by atoms with Crippen molar-refractivity contribution < 1.29 is 4.39 Å². The van der Waals surface area contributed by atoms with Gasteiger partial charge in [-0.3, -0.25) is 4.90 Å². The summed E-state index contributed by atoms with van der Waals surface area (Å²) in [5.41, 5.74) is 6.88. The Labute approximate surface area is 119 Å². The first kappa shape index (κ1) is 14.5. The number of nitriles is 1. The third-order valence-electron chi connectivity index (χ3n) is 3.25.